The van der Waals surface area contributed by atoms with Crippen molar-refractivity contribution in [2.75, 3.05) is 13.1 Å². The Morgan fingerprint density at radius 2 is 1.69 bits per heavy atom. The molecule has 42 heavy (non-hydrogen) atoms. The fraction of sp³-hybridized carbons (Fsp3) is 0.212. The molecule has 2 heterocycles. The average molecular weight is 567 g/mol. The van der Waals surface area contributed by atoms with Gasteiger partial charge in [-0.1, -0.05) is 91.0 Å². The summed E-state index contributed by atoms with van der Waals surface area (Å²) in [6, 6.07) is 25.8. The van der Waals surface area contributed by atoms with Crippen molar-refractivity contribution in [3.05, 3.63) is 113 Å². The molecule has 9 heteroatoms. The van der Waals surface area contributed by atoms with Gasteiger partial charge < -0.3 is 20.6 Å². The monoisotopic (exact) mass is 566 g/mol. The number of para-hydroxylation sites is 1. The highest BCUT2D eigenvalue weighted by atomic mass is 19.1. The van der Waals surface area contributed by atoms with E-state index in [0.717, 1.165) is 27.0 Å². The minimum Gasteiger partial charge on any atom is -0.388 e. The maximum Gasteiger partial charge on any atom is 0.270 e. The van der Waals surface area contributed by atoms with Gasteiger partial charge >= 0.3 is 0 Å². The molecule has 8 nitrogen and oxygen atoms in total. The predicted molar refractivity (Wildman–Crippen MR) is 159 cm³/mol. The number of aliphatic hydroxyl groups excluding tert-OH is 1. The molecule has 3 aromatic carbocycles. The highest BCUT2D eigenvalue weighted by Gasteiger charge is 2.48. The number of fused-ring (bicyclic) bond motifs is 1. The summed E-state index contributed by atoms with van der Waals surface area (Å²) in [6.45, 7) is 0.918. The van der Waals surface area contributed by atoms with E-state index in [9.17, 15) is 19.5 Å². The number of nitrogens with one attached hydrogen (secondary N) is 2. The first kappa shape index (κ1) is 28.6. The van der Waals surface area contributed by atoms with Crippen molar-refractivity contribution in [3.63, 3.8) is 0 Å². The summed E-state index contributed by atoms with van der Waals surface area (Å²) in [6.07, 6.45) is 0.389. The number of rotatable bonds is 8. The largest absolute Gasteiger partial charge is 0.388 e. The van der Waals surface area contributed by atoms with E-state index in [2.05, 4.69) is 15.6 Å². The normalized spacial score (nSPS) is 19.1. The molecular formula is C33H31FN4O4. The number of aliphatic hydroxyl groups is 1. The average Bonchev–Trinajstić information content (AvgIpc) is 3.32. The van der Waals surface area contributed by atoms with E-state index in [1.165, 1.54) is 0 Å². The van der Waals surface area contributed by atoms with Crippen LogP contribution in [-0.2, 0) is 9.59 Å². The molecule has 1 aromatic heterocycles. The highest BCUT2D eigenvalue weighted by molar-refractivity contribution is 5.97. The molecule has 1 fully saturated rings. The van der Waals surface area contributed by atoms with Crippen molar-refractivity contribution in [2.24, 2.45) is 0 Å². The lowest BCUT2D eigenvalue weighted by Crippen LogP contribution is -2.52. The van der Waals surface area contributed by atoms with Gasteiger partial charge in [0, 0.05) is 5.39 Å². The van der Waals surface area contributed by atoms with Crippen LogP contribution in [0.4, 0.5) is 4.39 Å². The fourth-order valence-electron chi connectivity index (χ4n) is 5.07. The van der Waals surface area contributed by atoms with E-state index in [-0.39, 0.29) is 12.2 Å². The Morgan fingerprint density at radius 1 is 0.976 bits per heavy atom. The SMILES string of the molecule is C[C@H](NC(=O)[C@H]1C(F)[C@H](O)CN1C(=O)CNC(=O)c1ccc2ccccc2n1)c1ccccc1/C=C/c1ccccc1. The zero-order valence-corrected chi connectivity index (χ0v) is 23.0. The lowest BCUT2D eigenvalue weighted by molar-refractivity contribution is -0.139. The number of carbonyl (C=O) groups excluding carboxylic acids is 3. The molecule has 1 unspecified atom stereocenters. The van der Waals surface area contributed by atoms with E-state index >= 15 is 4.39 Å². The first-order valence-corrected chi connectivity index (χ1v) is 13.7. The molecule has 214 valence electrons. The molecule has 3 amide bonds. The summed E-state index contributed by atoms with van der Waals surface area (Å²) in [5.74, 6) is -2.01. The van der Waals surface area contributed by atoms with Crippen molar-refractivity contribution in [1.82, 2.24) is 20.5 Å². The number of β-amino-alcohol motifs (C(OH)–C–C–N with tert-alkyl or cyclic N) is 1. The number of alkyl halides is 1. The van der Waals surface area contributed by atoms with E-state index in [1.54, 1.807) is 31.2 Å². The van der Waals surface area contributed by atoms with Gasteiger partial charge in [0.2, 0.25) is 11.8 Å². The van der Waals surface area contributed by atoms with Crippen molar-refractivity contribution in [2.45, 2.75) is 31.3 Å². The van der Waals surface area contributed by atoms with Gasteiger partial charge in [0.15, 0.2) is 6.17 Å². The van der Waals surface area contributed by atoms with E-state index in [1.807, 2.05) is 78.9 Å². The Labute approximate surface area is 242 Å². The molecule has 1 aliphatic rings. The Balaban J connectivity index is 1.25. The Hall–Kier alpha value is -4.89. The molecule has 1 aliphatic heterocycles. The van der Waals surface area contributed by atoms with Crippen LogP contribution in [0.5, 0.6) is 0 Å². The number of pyridine rings is 1. The number of amides is 3. The summed E-state index contributed by atoms with van der Waals surface area (Å²) in [7, 11) is 0. The lowest BCUT2D eigenvalue weighted by Gasteiger charge is -2.26. The molecule has 4 aromatic rings. The van der Waals surface area contributed by atoms with Crippen LogP contribution in [0.1, 0.15) is 40.1 Å². The summed E-state index contributed by atoms with van der Waals surface area (Å²) in [5.41, 5.74) is 3.44. The van der Waals surface area contributed by atoms with E-state index in [4.69, 9.17) is 0 Å². The standard InChI is InChI=1S/C33H31FN4O4/c1-21(25-13-7-5-11-23(25)16-15-22-9-3-2-4-10-22)36-33(42)31-30(34)28(39)20-38(31)29(40)19-35-32(41)27-18-17-24-12-6-8-14-26(24)37-27/h2-18,21,28,30-31,39H,19-20H2,1H3,(H,35,41)(H,36,42)/b16-15+/t21-,28+,30?,31+/m0/s1. The van der Waals surface area contributed by atoms with Gasteiger partial charge in [-0.3, -0.25) is 14.4 Å². The second-order valence-corrected chi connectivity index (χ2v) is 10.2. The third-order valence-electron chi connectivity index (χ3n) is 7.29. The van der Waals surface area contributed by atoms with Gasteiger partial charge in [0.1, 0.15) is 17.8 Å². The van der Waals surface area contributed by atoms with Crippen LogP contribution in [0.3, 0.4) is 0 Å². The second-order valence-electron chi connectivity index (χ2n) is 10.2. The minimum absolute atomic E-state index is 0.120. The molecule has 3 N–H and O–H groups in total. The van der Waals surface area contributed by atoms with E-state index < -0.39 is 48.6 Å². The molecule has 0 aliphatic carbocycles. The van der Waals surface area contributed by atoms with Gasteiger partial charge in [-0.2, -0.15) is 0 Å². The smallest absolute Gasteiger partial charge is 0.270 e. The number of nitrogens with zero attached hydrogens (tertiary/aromatic N) is 2. The molecule has 0 spiro atoms. The molecule has 0 saturated carbocycles. The summed E-state index contributed by atoms with van der Waals surface area (Å²) in [4.78, 5) is 44.3. The number of benzene rings is 3. The fourth-order valence-corrected chi connectivity index (χ4v) is 5.07. The van der Waals surface area contributed by atoms with Crippen LogP contribution in [0.15, 0.2) is 91.0 Å². The number of aromatic nitrogens is 1. The molecule has 1 saturated heterocycles. The molecule has 5 rings (SSSR count). The number of halogens is 1. The van der Waals surface area contributed by atoms with Gasteiger partial charge in [0.05, 0.1) is 24.6 Å². The Morgan fingerprint density at radius 3 is 2.50 bits per heavy atom. The van der Waals surface area contributed by atoms with Crippen molar-refractivity contribution in [3.8, 4) is 0 Å². The molecular weight excluding hydrogens is 535 g/mol. The van der Waals surface area contributed by atoms with Gasteiger partial charge in [-0.25, -0.2) is 9.37 Å². The van der Waals surface area contributed by atoms with Crippen molar-refractivity contribution >= 4 is 40.8 Å². The third-order valence-corrected chi connectivity index (χ3v) is 7.29. The summed E-state index contributed by atoms with van der Waals surface area (Å²) in [5, 5.41) is 16.4. The van der Waals surface area contributed by atoms with Crippen LogP contribution in [0.25, 0.3) is 23.1 Å². The Bertz CT molecular complexity index is 1630. The molecule has 0 bridgehead atoms. The van der Waals surface area contributed by atoms with E-state index in [0.29, 0.717) is 5.52 Å². The first-order chi connectivity index (χ1) is 20.3. The topological polar surface area (TPSA) is 112 Å². The van der Waals surface area contributed by atoms with Gasteiger partial charge in [-0.05, 0) is 35.7 Å². The first-order valence-electron chi connectivity index (χ1n) is 13.7. The Kier molecular flexibility index (Phi) is 8.68. The van der Waals surface area contributed by atoms with Crippen LogP contribution in [0.2, 0.25) is 0 Å². The summed E-state index contributed by atoms with van der Waals surface area (Å²) >= 11 is 0. The van der Waals surface area contributed by atoms with Crippen LogP contribution in [0, 0.1) is 0 Å². The zero-order valence-electron chi connectivity index (χ0n) is 23.0. The van der Waals surface area contributed by atoms with Crippen LogP contribution < -0.4 is 10.6 Å². The number of hydrogen-bond acceptors (Lipinski definition) is 5. The minimum atomic E-state index is -1.98. The van der Waals surface area contributed by atoms with Gasteiger partial charge in [0.25, 0.3) is 5.91 Å². The van der Waals surface area contributed by atoms with Crippen molar-refractivity contribution < 1.29 is 23.9 Å². The van der Waals surface area contributed by atoms with Crippen LogP contribution >= 0.6 is 0 Å². The van der Waals surface area contributed by atoms with Crippen molar-refractivity contribution in [1.29, 1.82) is 0 Å². The molecule has 0 radical (unpaired) electrons. The highest BCUT2D eigenvalue weighted by Crippen LogP contribution is 2.25. The number of carbonyl (C=O) groups is 3. The maximum absolute atomic E-state index is 15.1. The quantitative estimate of drug-likeness (QED) is 0.280. The van der Waals surface area contributed by atoms with Crippen LogP contribution in [-0.4, -0.2) is 64.1 Å². The molecule has 4 atom stereocenters. The second kappa shape index (κ2) is 12.7. The number of hydrogen-bond donors (Lipinski definition) is 3. The van der Waals surface area contributed by atoms with Gasteiger partial charge in [-0.15, -0.1) is 0 Å². The predicted octanol–water partition coefficient (Wildman–Crippen LogP) is 3.92. The number of likely N-dealkylation sites (tertiary alicyclic amines) is 1. The lowest BCUT2D eigenvalue weighted by atomic mass is 9.99. The maximum atomic E-state index is 15.1. The summed E-state index contributed by atoms with van der Waals surface area (Å²) < 4.78 is 15.1. The third kappa shape index (κ3) is 6.37. The zero-order chi connectivity index (χ0) is 29.6.